The molecule has 0 aliphatic carbocycles. The van der Waals surface area contributed by atoms with Gasteiger partial charge >= 0.3 is 0 Å². The highest BCUT2D eigenvalue weighted by Crippen LogP contribution is 2.29. The van der Waals surface area contributed by atoms with E-state index in [2.05, 4.69) is 31.5 Å². The maximum atomic E-state index is 6.02. The van der Waals surface area contributed by atoms with Gasteiger partial charge < -0.3 is 5.73 Å². The minimum atomic E-state index is 0.534. The van der Waals surface area contributed by atoms with Crippen molar-refractivity contribution in [3.8, 4) is 17.1 Å². The maximum absolute atomic E-state index is 6.02. The van der Waals surface area contributed by atoms with E-state index in [9.17, 15) is 0 Å². The molecule has 0 radical (unpaired) electrons. The van der Waals surface area contributed by atoms with Crippen LogP contribution >= 0.6 is 27.5 Å². The second kappa shape index (κ2) is 5.46. The summed E-state index contributed by atoms with van der Waals surface area (Å²) in [5.74, 6) is 0.574. The summed E-state index contributed by atoms with van der Waals surface area (Å²) in [6.45, 7) is 2.00. The third-order valence-electron chi connectivity index (χ3n) is 3.12. The molecule has 3 aromatic rings. The van der Waals surface area contributed by atoms with E-state index in [1.807, 2.05) is 31.2 Å². The molecule has 0 amide bonds. The predicted octanol–water partition coefficient (Wildman–Crippen LogP) is 3.64. The van der Waals surface area contributed by atoms with Gasteiger partial charge in [0.2, 0.25) is 0 Å². The van der Waals surface area contributed by atoms with E-state index in [1.54, 1.807) is 16.8 Å². The summed E-state index contributed by atoms with van der Waals surface area (Å²) in [5, 5.41) is 12.5. The van der Waals surface area contributed by atoms with Gasteiger partial charge in [-0.05, 0) is 53.2 Å². The highest BCUT2D eigenvalue weighted by molar-refractivity contribution is 9.10. The van der Waals surface area contributed by atoms with Crippen LogP contribution in [0, 0.1) is 6.92 Å². The molecule has 106 valence electrons. The largest absolute Gasteiger partial charge is 0.398 e. The van der Waals surface area contributed by atoms with Crippen LogP contribution in [0.3, 0.4) is 0 Å². The highest BCUT2D eigenvalue weighted by Gasteiger charge is 2.15. The van der Waals surface area contributed by atoms with Crippen molar-refractivity contribution < 1.29 is 0 Å². The van der Waals surface area contributed by atoms with Gasteiger partial charge in [-0.2, -0.15) is 4.68 Å². The number of hydrogen-bond acceptors (Lipinski definition) is 4. The Labute approximate surface area is 134 Å². The van der Waals surface area contributed by atoms with Gasteiger partial charge in [-0.15, -0.1) is 5.10 Å². The van der Waals surface area contributed by atoms with Crippen LogP contribution in [-0.4, -0.2) is 20.2 Å². The minimum absolute atomic E-state index is 0.534. The fourth-order valence-electron chi connectivity index (χ4n) is 2.07. The van der Waals surface area contributed by atoms with Gasteiger partial charge in [-0.3, -0.25) is 0 Å². The van der Waals surface area contributed by atoms with Crippen LogP contribution in [0.1, 0.15) is 5.56 Å². The zero-order valence-corrected chi connectivity index (χ0v) is 13.4. The van der Waals surface area contributed by atoms with Gasteiger partial charge in [0.15, 0.2) is 5.82 Å². The fourth-order valence-corrected chi connectivity index (χ4v) is 2.59. The Kier molecular flexibility index (Phi) is 3.65. The molecule has 0 atom stereocenters. The number of halogens is 2. The quantitative estimate of drug-likeness (QED) is 0.705. The second-order valence-electron chi connectivity index (χ2n) is 4.58. The fraction of sp³-hybridized carbons (Fsp3) is 0.0714. The lowest BCUT2D eigenvalue weighted by Crippen LogP contribution is -2.03. The van der Waals surface area contributed by atoms with Crippen LogP contribution < -0.4 is 5.73 Å². The average molecular weight is 365 g/mol. The Bertz CT molecular complexity index is 815. The highest BCUT2D eigenvalue weighted by atomic mass is 79.9. The van der Waals surface area contributed by atoms with Gasteiger partial charge in [0.25, 0.3) is 0 Å². The summed E-state index contributed by atoms with van der Waals surface area (Å²) in [4.78, 5) is 0. The van der Waals surface area contributed by atoms with Crippen LogP contribution in [0.25, 0.3) is 17.1 Å². The molecule has 21 heavy (non-hydrogen) atoms. The molecule has 2 aromatic carbocycles. The van der Waals surface area contributed by atoms with Gasteiger partial charge in [-0.1, -0.05) is 33.6 Å². The molecule has 0 aliphatic heterocycles. The van der Waals surface area contributed by atoms with Crippen molar-refractivity contribution in [3.05, 3.63) is 51.5 Å². The van der Waals surface area contributed by atoms with E-state index in [1.165, 1.54) is 0 Å². The average Bonchev–Trinajstić information content (AvgIpc) is 2.90. The normalized spacial score (nSPS) is 10.8. The molecule has 1 aromatic heterocycles. The molecule has 3 rings (SSSR count). The summed E-state index contributed by atoms with van der Waals surface area (Å²) in [6.07, 6.45) is 0. The molecule has 0 fully saturated rings. The molecular formula is C14H11BrClN5. The number of nitrogens with zero attached hydrogens (tertiary/aromatic N) is 4. The van der Waals surface area contributed by atoms with E-state index in [0.29, 0.717) is 16.5 Å². The molecule has 7 heteroatoms. The number of tetrazole rings is 1. The van der Waals surface area contributed by atoms with Crippen LogP contribution in [-0.2, 0) is 0 Å². The van der Waals surface area contributed by atoms with Crippen LogP contribution in [0.4, 0.5) is 5.69 Å². The zero-order chi connectivity index (χ0) is 15.0. The number of rotatable bonds is 2. The summed E-state index contributed by atoms with van der Waals surface area (Å²) >= 11 is 9.40. The van der Waals surface area contributed by atoms with Gasteiger partial charge in [0, 0.05) is 20.7 Å². The number of aromatic nitrogens is 4. The molecule has 0 aliphatic rings. The lowest BCUT2D eigenvalue weighted by molar-refractivity contribution is 0.787. The van der Waals surface area contributed by atoms with Crippen molar-refractivity contribution >= 4 is 33.2 Å². The third kappa shape index (κ3) is 2.64. The number of nitrogens with two attached hydrogens (primary N) is 1. The molecule has 0 spiro atoms. The van der Waals surface area contributed by atoms with E-state index >= 15 is 0 Å². The van der Waals surface area contributed by atoms with E-state index < -0.39 is 0 Å². The molecule has 0 saturated carbocycles. The van der Waals surface area contributed by atoms with E-state index in [0.717, 1.165) is 21.3 Å². The van der Waals surface area contributed by atoms with E-state index in [4.69, 9.17) is 17.3 Å². The van der Waals surface area contributed by atoms with Crippen LogP contribution in [0.5, 0.6) is 0 Å². The summed E-state index contributed by atoms with van der Waals surface area (Å²) in [5.41, 5.74) is 9.24. The third-order valence-corrected chi connectivity index (χ3v) is 3.85. The summed E-state index contributed by atoms with van der Waals surface area (Å²) < 4.78 is 2.62. The standard InChI is InChI=1S/C14H11BrClN5/c1-8-2-3-9(15)6-13(8)21-14(18-19-20-21)11-5-4-10(16)7-12(11)17/h2-7H,17H2,1H3. The van der Waals surface area contributed by atoms with Gasteiger partial charge in [-0.25, -0.2) is 0 Å². The van der Waals surface area contributed by atoms with Crippen molar-refractivity contribution in [2.45, 2.75) is 6.92 Å². The molecule has 0 bridgehead atoms. The molecule has 2 N–H and O–H groups in total. The molecule has 1 heterocycles. The maximum Gasteiger partial charge on any atom is 0.189 e. The second-order valence-corrected chi connectivity index (χ2v) is 5.93. The Hall–Kier alpha value is -1.92. The molecule has 5 nitrogen and oxygen atoms in total. The monoisotopic (exact) mass is 363 g/mol. The Morgan fingerprint density at radius 3 is 2.76 bits per heavy atom. The predicted molar refractivity (Wildman–Crippen MR) is 86.4 cm³/mol. The van der Waals surface area contributed by atoms with E-state index in [-0.39, 0.29) is 0 Å². The Balaban J connectivity index is 2.19. The van der Waals surface area contributed by atoms with Crippen LogP contribution in [0.2, 0.25) is 5.02 Å². The van der Waals surface area contributed by atoms with Crippen molar-refractivity contribution in [3.63, 3.8) is 0 Å². The lowest BCUT2D eigenvalue weighted by atomic mass is 10.1. The van der Waals surface area contributed by atoms with Gasteiger partial charge in [0.05, 0.1) is 5.69 Å². The number of anilines is 1. The summed E-state index contributed by atoms with van der Waals surface area (Å²) in [7, 11) is 0. The Morgan fingerprint density at radius 2 is 2.00 bits per heavy atom. The number of nitrogen functional groups attached to an aromatic ring is 1. The molecule has 0 unspecified atom stereocenters. The minimum Gasteiger partial charge on any atom is -0.398 e. The molecule has 0 saturated heterocycles. The Morgan fingerprint density at radius 1 is 1.19 bits per heavy atom. The first-order chi connectivity index (χ1) is 10.1. The first-order valence-corrected chi connectivity index (χ1v) is 7.33. The number of aryl methyl sites for hydroxylation is 1. The van der Waals surface area contributed by atoms with Gasteiger partial charge in [0.1, 0.15) is 0 Å². The molecular weight excluding hydrogens is 354 g/mol. The summed E-state index contributed by atoms with van der Waals surface area (Å²) in [6, 6.07) is 11.2. The van der Waals surface area contributed by atoms with Crippen molar-refractivity contribution in [2.75, 3.05) is 5.73 Å². The number of benzene rings is 2. The smallest absolute Gasteiger partial charge is 0.189 e. The number of hydrogen-bond donors (Lipinski definition) is 1. The first kappa shape index (κ1) is 14.0. The topological polar surface area (TPSA) is 69.6 Å². The van der Waals surface area contributed by atoms with Crippen molar-refractivity contribution in [1.82, 2.24) is 20.2 Å². The zero-order valence-electron chi connectivity index (χ0n) is 11.1. The SMILES string of the molecule is Cc1ccc(Br)cc1-n1nnnc1-c1ccc(Cl)cc1N. The van der Waals surface area contributed by atoms with Crippen molar-refractivity contribution in [2.24, 2.45) is 0 Å². The first-order valence-electron chi connectivity index (χ1n) is 6.16. The lowest BCUT2D eigenvalue weighted by Gasteiger charge is -2.10. The van der Waals surface area contributed by atoms with Crippen molar-refractivity contribution in [1.29, 1.82) is 0 Å². The van der Waals surface area contributed by atoms with Crippen LogP contribution in [0.15, 0.2) is 40.9 Å².